The third-order valence-corrected chi connectivity index (χ3v) is 38.1. The molecule has 8 aromatic carbocycles. The zero-order valence-corrected chi connectivity index (χ0v) is 93.3. The molecule has 20 nitrogen and oxygen atoms in total. The minimum atomic E-state index is -0.470. The summed E-state index contributed by atoms with van der Waals surface area (Å²) in [7, 11) is 0. The molecule has 4 amide bonds. The highest BCUT2D eigenvalue weighted by atomic mass is 79.9. The molecule has 9 N–H and O–H groups in total. The van der Waals surface area contributed by atoms with Gasteiger partial charge in [-0.1, -0.05) is 214 Å². The van der Waals surface area contributed by atoms with Crippen molar-refractivity contribution in [3.8, 4) is 33.8 Å². The molecule has 0 aliphatic heterocycles. The van der Waals surface area contributed by atoms with Gasteiger partial charge in [-0.15, -0.1) is 0 Å². The van der Waals surface area contributed by atoms with Crippen molar-refractivity contribution in [1.82, 2.24) is 21.3 Å². The van der Waals surface area contributed by atoms with Crippen molar-refractivity contribution in [2.24, 2.45) is 102 Å². The van der Waals surface area contributed by atoms with E-state index in [9.17, 15) is 48.6 Å². The van der Waals surface area contributed by atoms with E-state index < -0.39 is 18.0 Å². The fourth-order valence-corrected chi connectivity index (χ4v) is 32.2. The van der Waals surface area contributed by atoms with Crippen molar-refractivity contribution in [2.75, 3.05) is 31.6 Å². The van der Waals surface area contributed by atoms with Gasteiger partial charge < -0.3 is 72.7 Å². The number of anilines is 2. The fourth-order valence-electron chi connectivity index (χ4n) is 29.4. The second kappa shape index (κ2) is 43.8. The highest BCUT2D eigenvalue weighted by Crippen LogP contribution is 2.67. The smallest absolute Gasteiger partial charge is 0.407 e. The van der Waals surface area contributed by atoms with Crippen molar-refractivity contribution in [2.45, 2.75) is 271 Å². The first-order chi connectivity index (χ1) is 67.3. The molecule has 0 heterocycles. The number of aromatic hydroxyl groups is 2. The second-order valence-corrected chi connectivity index (χ2v) is 51.4. The number of ketones is 4. The van der Waals surface area contributed by atoms with Gasteiger partial charge in [0.2, 0.25) is 5.78 Å². The summed E-state index contributed by atoms with van der Waals surface area (Å²) in [5.74, 6) is 5.77. The number of rotatable bonds is 22. The largest absolute Gasteiger partial charge is 1.00 e. The average Bonchev–Trinajstić information content (AvgIpc) is 0.717. The van der Waals surface area contributed by atoms with Gasteiger partial charge in [0.05, 0.1) is 55.8 Å². The van der Waals surface area contributed by atoms with Crippen LogP contribution in [-0.2, 0) is 32.2 Å². The summed E-state index contributed by atoms with van der Waals surface area (Å²) < 4.78 is 26.7. The van der Waals surface area contributed by atoms with Gasteiger partial charge >= 0.3 is 24.4 Å². The number of ether oxygens (including phenoxy) is 4. The van der Waals surface area contributed by atoms with Crippen molar-refractivity contribution in [1.29, 1.82) is 0 Å². The lowest BCUT2D eigenvalue weighted by Crippen LogP contribution is -3.00. The van der Waals surface area contributed by atoms with Crippen LogP contribution in [-0.4, -0.2) is 96.1 Å². The van der Waals surface area contributed by atoms with Crippen molar-refractivity contribution in [3.05, 3.63) is 219 Å². The van der Waals surface area contributed by atoms with E-state index in [4.69, 9.17) is 18.9 Å². The molecule has 18 rings (SSSR count). The van der Waals surface area contributed by atoms with Gasteiger partial charge in [-0.05, 0) is 360 Å². The second-order valence-electron chi connectivity index (χ2n) is 48.0. The Morgan fingerprint density at radius 1 is 0.431 bits per heavy atom. The van der Waals surface area contributed by atoms with E-state index >= 15 is 0 Å². The first-order valence-corrected chi connectivity index (χ1v) is 55.0. The van der Waals surface area contributed by atoms with Gasteiger partial charge in [0.15, 0.2) is 23.0 Å². The quantitative estimate of drug-likeness (QED) is 0.0178. The molecular weight excluding hydrogens is 2140 g/mol. The van der Waals surface area contributed by atoms with Crippen LogP contribution in [0.3, 0.4) is 0 Å². The van der Waals surface area contributed by atoms with Crippen LogP contribution >= 0.6 is 63.7 Å². The Morgan fingerprint density at radius 3 is 1.22 bits per heavy atom. The number of fused-ring (bicyclic) bond motifs is 10. The molecular formula is C119H147Br5N6O14. The monoisotopic (exact) mass is 2280 g/mol. The average molecular weight is 2290 g/mol. The minimum Gasteiger partial charge on any atom is -1.00 e. The maximum atomic E-state index is 13.7. The van der Waals surface area contributed by atoms with Crippen LogP contribution in [0.5, 0.6) is 11.5 Å². The molecule has 10 aliphatic carbocycles. The van der Waals surface area contributed by atoms with Crippen molar-refractivity contribution < 1.29 is 89.8 Å². The highest BCUT2D eigenvalue weighted by molar-refractivity contribution is 9.11. The van der Waals surface area contributed by atoms with E-state index in [1.165, 1.54) is 102 Å². The lowest BCUT2D eigenvalue weighted by molar-refractivity contribution is -0.480. The third-order valence-electron chi connectivity index (χ3n) is 35.5. The zero-order chi connectivity index (χ0) is 101. The number of quaternary nitrogens is 1. The summed E-state index contributed by atoms with van der Waals surface area (Å²) in [6.45, 7) is 34.9. The molecule has 0 spiro atoms. The molecule has 0 saturated heterocycles. The Hall–Kier alpha value is -8.72. The molecule has 144 heavy (non-hydrogen) atoms. The van der Waals surface area contributed by atoms with Crippen LogP contribution in [0.2, 0.25) is 0 Å². The number of phenolic OH excluding ortho intramolecular Hbond substituents is 2. The number of alkyl carbamates (subject to hydrolysis) is 4. The fraction of sp³-hybridized carbons (Fsp3) is 0.529. The van der Waals surface area contributed by atoms with Gasteiger partial charge in [-0.2, -0.15) is 0 Å². The van der Waals surface area contributed by atoms with Crippen molar-refractivity contribution >= 4 is 134 Å². The number of carbonyl (C=O) groups excluding carboxylic acids is 8. The maximum Gasteiger partial charge on any atom is 0.407 e. The van der Waals surface area contributed by atoms with Crippen LogP contribution in [0.4, 0.5) is 41.9 Å². The topological polar surface area (TPSA) is 291 Å². The summed E-state index contributed by atoms with van der Waals surface area (Å²) in [6.07, 6.45) is 23.8. The van der Waals surface area contributed by atoms with E-state index in [0.29, 0.717) is 98.9 Å². The molecule has 8 saturated carbocycles. The van der Waals surface area contributed by atoms with Crippen molar-refractivity contribution in [3.63, 3.8) is 0 Å². The highest BCUT2D eigenvalue weighted by Gasteiger charge is 2.60. The number of hydrogen-bond acceptors (Lipinski definition) is 15. The van der Waals surface area contributed by atoms with Gasteiger partial charge in [0.25, 0.3) is 0 Å². The molecule has 8 aromatic rings. The number of carbonyl (C=O) groups is 8. The Kier molecular flexibility index (Phi) is 33.3. The number of benzene rings is 8. The first kappa shape index (κ1) is 109. The van der Waals surface area contributed by atoms with Crippen LogP contribution in [0, 0.1) is 102 Å². The predicted octanol–water partition coefficient (Wildman–Crippen LogP) is 26.3. The van der Waals surface area contributed by atoms with Gasteiger partial charge in [0.1, 0.15) is 30.4 Å². The van der Waals surface area contributed by atoms with Crippen LogP contribution < -0.4 is 48.9 Å². The number of phenols is 2. The molecule has 0 bridgehead atoms. The lowest BCUT2D eigenvalue weighted by atomic mass is 9.44. The number of nitrogens with one attached hydrogen (secondary N) is 5. The van der Waals surface area contributed by atoms with Gasteiger partial charge in [-0.3, -0.25) is 24.5 Å². The number of hydrogen-bond donors (Lipinski definition) is 8. The Labute approximate surface area is 895 Å². The normalized spacial score (nSPS) is 28.3. The van der Waals surface area contributed by atoms with Crippen LogP contribution in [0.1, 0.15) is 320 Å². The van der Waals surface area contributed by atoms with E-state index in [1.807, 2.05) is 78.1 Å². The van der Waals surface area contributed by atoms with E-state index in [0.717, 1.165) is 134 Å². The number of halogens is 5. The molecule has 25 heteroatoms. The summed E-state index contributed by atoms with van der Waals surface area (Å²) in [6, 6.07) is 42.7. The molecule has 8 fully saturated rings. The minimum absolute atomic E-state index is 0. The Bertz CT molecular complexity index is 5770. The maximum absolute atomic E-state index is 13.7. The van der Waals surface area contributed by atoms with Crippen LogP contribution in [0.25, 0.3) is 22.3 Å². The SMILES string of the molecule is C.CC(C)C1CCC2C(CCC3C(C)(COC(=O)NCC4(C)CC(NC(=O)OCc5ccc(-c6cc(Br)c(Nc7ccc(O)c8c7C(=O)c7ccccc7C8=O)c(Br)c6)cc5)CC(C)(C)C4)CCCC23C)C1.CC(C)C1CCC2C(CCC3C(C)(COC(=O)NCC4(C)CC(NC(=O)OCc5ccc(-c6cc(Br)c([NH2+]c7ccc(O)c8c7C(=O)c7ccccc7C8=O)c(Br)c6)cc5)CC(C)(C)C4)CCCC23C)C1.[Br-]. The number of nitrogens with two attached hydrogens (primary N) is 1. The first-order valence-electron chi connectivity index (χ1n) is 51.9. The summed E-state index contributed by atoms with van der Waals surface area (Å²) >= 11 is 14.9. The third kappa shape index (κ3) is 23.2. The molecule has 772 valence electrons. The summed E-state index contributed by atoms with van der Waals surface area (Å²) in [4.78, 5) is 108. The summed E-state index contributed by atoms with van der Waals surface area (Å²) in [5.41, 5.74) is 9.15. The lowest BCUT2D eigenvalue weighted by Gasteiger charge is -2.61. The molecule has 16 unspecified atom stereocenters. The molecule has 0 radical (unpaired) electrons. The van der Waals surface area contributed by atoms with Gasteiger partial charge in [-0.25, -0.2) is 19.2 Å². The van der Waals surface area contributed by atoms with E-state index in [-0.39, 0.29) is 157 Å². The zero-order valence-electron chi connectivity index (χ0n) is 85.3. The van der Waals surface area contributed by atoms with E-state index in [1.54, 1.807) is 60.7 Å². The molecule has 16 atom stereocenters. The van der Waals surface area contributed by atoms with Gasteiger partial charge in [0, 0.05) is 73.3 Å². The van der Waals surface area contributed by atoms with Crippen LogP contribution in [0.15, 0.2) is 163 Å². The predicted molar refractivity (Wildman–Crippen MR) is 577 cm³/mol. The molecule has 0 aromatic heterocycles. The summed E-state index contributed by atoms with van der Waals surface area (Å²) in [5, 5.41) is 39.2. The Balaban J connectivity index is 0.000000214. The number of amides is 4. The van der Waals surface area contributed by atoms with E-state index in [2.05, 4.69) is 187 Å². The standard InChI is InChI=1S/2C59H71Br2N3O7.CH4.BrH/c2*1-34(2)37-17-19-43-38(25-37)18-22-48-58(6,23-10-24-59(43,48)7)33-71-54(68)62-32-57(5)29-40(28-56(3,4)31-57)63-55(69)70-30-35-13-15-36(16-14-35)39-26-44(60)51(45(61)27-39)64-46-20-21-47(65)50-49(46)52(66)41-11-8-9-12-42(41)53(50)67;;/h2*8-9,11-16,20-21,26-27,34,37-38,40,43,48,64-65H,10,17-19,22-25,28-33H2,1-7H3,(H,62,68)(H,63,69);1H4;1H. The Morgan fingerprint density at radius 2 is 0.812 bits per heavy atom. The molecule has 10 aliphatic rings.